The van der Waals surface area contributed by atoms with E-state index in [0.717, 1.165) is 42.9 Å². The minimum absolute atomic E-state index is 0.246. The molecule has 1 amide bonds. The third kappa shape index (κ3) is 3.27. The number of nitrogens with zero attached hydrogens (tertiary/aromatic N) is 2. The lowest BCUT2D eigenvalue weighted by molar-refractivity contribution is -0.127. The van der Waals surface area contributed by atoms with Gasteiger partial charge in [0.2, 0.25) is 5.91 Å². The maximum Gasteiger partial charge on any atom is 0.232 e. The number of carbonyl (C=O) groups excluding carboxylic acids is 1. The van der Waals surface area contributed by atoms with Crippen molar-refractivity contribution in [3.8, 4) is 0 Å². The first-order valence-electron chi connectivity index (χ1n) is 7.98. The zero-order valence-electron chi connectivity index (χ0n) is 13.3. The standard InChI is InChI=1S/C18H22N2OS/c1-3-14-11-15-10-13(2)6-7-16(15)19-18(14)22-12-17(21)20-8-4-5-9-20/h6-7,10-11H,3-5,8-9,12H2,1-2H3. The number of carbonyl (C=O) groups is 1. The molecule has 0 saturated carbocycles. The Morgan fingerprint density at radius 3 is 2.77 bits per heavy atom. The molecule has 2 heterocycles. The number of pyridine rings is 1. The van der Waals surface area contributed by atoms with Gasteiger partial charge in [-0.15, -0.1) is 0 Å². The van der Waals surface area contributed by atoms with Crippen LogP contribution in [-0.2, 0) is 11.2 Å². The smallest absolute Gasteiger partial charge is 0.232 e. The molecule has 3 rings (SSSR count). The van der Waals surface area contributed by atoms with Gasteiger partial charge in [-0.1, -0.05) is 30.3 Å². The van der Waals surface area contributed by atoms with Crippen LogP contribution in [-0.4, -0.2) is 34.6 Å². The Kier molecular flexibility index (Phi) is 4.67. The molecule has 1 aromatic carbocycles. The number of aromatic nitrogens is 1. The lowest BCUT2D eigenvalue weighted by atomic mass is 10.1. The van der Waals surface area contributed by atoms with Gasteiger partial charge in [-0.3, -0.25) is 4.79 Å². The van der Waals surface area contributed by atoms with Crippen LogP contribution < -0.4 is 0 Å². The van der Waals surface area contributed by atoms with Crippen LogP contribution in [0.25, 0.3) is 10.9 Å². The third-order valence-electron chi connectivity index (χ3n) is 4.18. The highest BCUT2D eigenvalue weighted by Crippen LogP contribution is 2.26. The molecular weight excluding hydrogens is 292 g/mol. The zero-order chi connectivity index (χ0) is 15.5. The Morgan fingerprint density at radius 2 is 2.05 bits per heavy atom. The Hall–Kier alpha value is -1.55. The molecule has 1 aromatic heterocycles. The predicted molar refractivity (Wildman–Crippen MR) is 92.4 cm³/mol. The van der Waals surface area contributed by atoms with Crippen molar-refractivity contribution in [1.82, 2.24) is 9.88 Å². The maximum absolute atomic E-state index is 12.2. The van der Waals surface area contributed by atoms with Crippen LogP contribution in [0, 0.1) is 6.92 Å². The number of fused-ring (bicyclic) bond motifs is 1. The third-order valence-corrected chi connectivity index (χ3v) is 5.20. The van der Waals surface area contributed by atoms with Crippen molar-refractivity contribution in [3.63, 3.8) is 0 Å². The highest BCUT2D eigenvalue weighted by molar-refractivity contribution is 7.99. The fraction of sp³-hybridized carbons (Fsp3) is 0.444. The Labute approximate surface area is 136 Å². The van der Waals surface area contributed by atoms with Gasteiger partial charge in [-0.2, -0.15) is 0 Å². The van der Waals surface area contributed by atoms with E-state index in [1.165, 1.54) is 16.5 Å². The Balaban J connectivity index is 1.79. The molecule has 1 fully saturated rings. The molecule has 22 heavy (non-hydrogen) atoms. The number of amides is 1. The molecule has 2 aromatic rings. The van der Waals surface area contributed by atoms with Crippen LogP contribution in [0.1, 0.15) is 30.9 Å². The molecule has 4 heteroatoms. The van der Waals surface area contributed by atoms with E-state index in [0.29, 0.717) is 5.75 Å². The van der Waals surface area contributed by atoms with Crippen molar-refractivity contribution in [2.24, 2.45) is 0 Å². The van der Waals surface area contributed by atoms with Crippen molar-refractivity contribution in [3.05, 3.63) is 35.4 Å². The van der Waals surface area contributed by atoms with Crippen LogP contribution in [0.4, 0.5) is 0 Å². The highest BCUT2D eigenvalue weighted by Gasteiger charge is 2.18. The highest BCUT2D eigenvalue weighted by atomic mass is 32.2. The number of thioether (sulfide) groups is 1. The molecular formula is C18H22N2OS. The van der Waals surface area contributed by atoms with Crippen LogP contribution in [0.15, 0.2) is 29.3 Å². The average molecular weight is 314 g/mol. The van der Waals surface area contributed by atoms with Crippen LogP contribution in [0.5, 0.6) is 0 Å². The molecule has 0 N–H and O–H groups in total. The van der Waals surface area contributed by atoms with Gasteiger partial charge in [-0.05, 0) is 49.9 Å². The lowest BCUT2D eigenvalue weighted by Crippen LogP contribution is -2.29. The number of aryl methyl sites for hydroxylation is 2. The van der Waals surface area contributed by atoms with Crippen LogP contribution in [0.3, 0.4) is 0 Å². The quantitative estimate of drug-likeness (QED) is 0.804. The summed E-state index contributed by atoms with van der Waals surface area (Å²) in [5.41, 5.74) is 3.50. The monoisotopic (exact) mass is 314 g/mol. The normalized spacial score (nSPS) is 14.7. The summed E-state index contributed by atoms with van der Waals surface area (Å²) in [6.07, 6.45) is 3.23. The largest absolute Gasteiger partial charge is 0.342 e. The molecule has 1 aliphatic heterocycles. The van der Waals surface area contributed by atoms with E-state index < -0.39 is 0 Å². The lowest BCUT2D eigenvalue weighted by Gasteiger charge is -2.15. The number of likely N-dealkylation sites (tertiary alicyclic amines) is 1. The van der Waals surface area contributed by atoms with Gasteiger partial charge in [-0.25, -0.2) is 4.98 Å². The van der Waals surface area contributed by atoms with E-state index in [1.54, 1.807) is 11.8 Å². The molecule has 0 spiro atoms. The summed E-state index contributed by atoms with van der Waals surface area (Å²) in [4.78, 5) is 19.0. The number of benzene rings is 1. The summed E-state index contributed by atoms with van der Waals surface area (Å²) < 4.78 is 0. The van der Waals surface area contributed by atoms with Crippen molar-refractivity contribution >= 4 is 28.6 Å². The second-order valence-corrected chi connectivity index (χ2v) is 6.84. The van der Waals surface area contributed by atoms with Gasteiger partial charge in [0.25, 0.3) is 0 Å². The molecule has 0 bridgehead atoms. The first-order chi connectivity index (χ1) is 10.7. The van der Waals surface area contributed by atoms with E-state index >= 15 is 0 Å². The SMILES string of the molecule is CCc1cc2cc(C)ccc2nc1SCC(=O)N1CCCC1. The first kappa shape index (κ1) is 15.3. The van der Waals surface area contributed by atoms with Gasteiger partial charge in [0.1, 0.15) is 5.03 Å². The van der Waals surface area contributed by atoms with E-state index in [9.17, 15) is 4.79 Å². The number of hydrogen-bond donors (Lipinski definition) is 0. The molecule has 0 radical (unpaired) electrons. The predicted octanol–water partition coefficient (Wildman–Crippen LogP) is 3.82. The Morgan fingerprint density at radius 1 is 1.27 bits per heavy atom. The molecule has 0 atom stereocenters. The van der Waals surface area contributed by atoms with E-state index in [-0.39, 0.29) is 5.91 Å². The number of hydrogen-bond acceptors (Lipinski definition) is 3. The van der Waals surface area contributed by atoms with E-state index in [2.05, 4.69) is 38.1 Å². The van der Waals surface area contributed by atoms with E-state index in [4.69, 9.17) is 4.98 Å². The topological polar surface area (TPSA) is 33.2 Å². The summed E-state index contributed by atoms with van der Waals surface area (Å²) in [5, 5.41) is 2.19. The summed E-state index contributed by atoms with van der Waals surface area (Å²) in [6.45, 7) is 6.09. The first-order valence-corrected chi connectivity index (χ1v) is 8.97. The molecule has 116 valence electrons. The van der Waals surface area contributed by atoms with Crippen molar-refractivity contribution < 1.29 is 4.79 Å². The fourth-order valence-corrected chi connectivity index (χ4v) is 3.88. The van der Waals surface area contributed by atoms with Gasteiger partial charge in [0, 0.05) is 18.5 Å². The van der Waals surface area contributed by atoms with E-state index in [1.807, 2.05) is 4.90 Å². The second kappa shape index (κ2) is 6.69. The van der Waals surface area contributed by atoms with Crippen molar-refractivity contribution in [1.29, 1.82) is 0 Å². The summed E-state index contributed by atoms with van der Waals surface area (Å²) in [5.74, 6) is 0.743. The van der Waals surface area contributed by atoms with Gasteiger partial charge >= 0.3 is 0 Å². The fourth-order valence-electron chi connectivity index (χ4n) is 2.89. The zero-order valence-corrected chi connectivity index (χ0v) is 14.1. The van der Waals surface area contributed by atoms with Crippen molar-refractivity contribution in [2.75, 3.05) is 18.8 Å². The maximum atomic E-state index is 12.2. The van der Waals surface area contributed by atoms with Crippen LogP contribution in [0.2, 0.25) is 0 Å². The molecule has 3 nitrogen and oxygen atoms in total. The number of rotatable bonds is 4. The molecule has 1 aliphatic rings. The summed E-state index contributed by atoms with van der Waals surface area (Å²) in [7, 11) is 0. The van der Waals surface area contributed by atoms with Gasteiger partial charge in [0.05, 0.1) is 11.3 Å². The van der Waals surface area contributed by atoms with Gasteiger partial charge < -0.3 is 4.90 Å². The minimum Gasteiger partial charge on any atom is -0.342 e. The second-order valence-electron chi connectivity index (χ2n) is 5.88. The molecule has 1 saturated heterocycles. The summed E-state index contributed by atoms with van der Waals surface area (Å²) >= 11 is 1.58. The molecule has 0 unspecified atom stereocenters. The van der Waals surface area contributed by atoms with Crippen LogP contribution >= 0.6 is 11.8 Å². The van der Waals surface area contributed by atoms with Crippen molar-refractivity contribution in [2.45, 2.75) is 38.1 Å². The molecule has 0 aliphatic carbocycles. The summed E-state index contributed by atoms with van der Waals surface area (Å²) in [6, 6.07) is 8.55. The average Bonchev–Trinajstić information content (AvgIpc) is 3.06. The van der Waals surface area contributed by atoms with Gasteiger partial charge in [0.15, 0.2) is 0 Å². The minimum atomic E-state index is 0.246. The Bertz CT molecular complexity index is 693.